The standard InChI is InChI=1S/C14H8Cl2F6N2OS/c1-6-5-24(9-3-7(15)2-8(16)4-9)12(26-6)23-11(25)10(13(17,18)19)14(20,21)22/h2-5,10H,1H3. The van der Waals surface area contributed by atoms with Gasteiger partial charge in [-0.1, -0.05) is 23.2 Å². The Morgan fingerprint density at radius 2 is 1.58 bits per heavy atom. The number of nitrogens with zero attached hydrogens (tertiary/aromatic N) is 2. The smallest absolute Gasteiger partial charge is 0.292 e. The molecule has 1 aromatic heterocycles. The van der Waals surface area contributed by atoms with E-state index in [1.165, 1.54) is 24.4 Å². The molecule has 0 unspecified atom stereocenters. The van der Waals surface area contributed by atoms with Crippen LogP contribution in [0.3, 0.4) is 0 Å². The van der Waals surface area contributed by atoms with Crippen molar-refractivity contribution in [3.8, 4) is 5.69 Å². The fourth-order valence-corrected chi connectivity index (χ4v) is 3.37. The lowest BCUT2D eigenvalue weighted by Crippen LogP contribution is -2.42. The summed E-state index contributed by atoms with van der Waals surface area (Å²) in [5, 5.41) is 0.370. The van der Waals surface area contributed by atoms with Gasteiger partial charge in [0.25, 0.3) is 5.91 Å². The van der Waals surface area contributed by atoms with E-state index < -0.39 is 24.2 Å². The average Bonchev–Trinajstić information content (AvgIpc) is 2.74. The minimum absolute atomic E-state index is 0.185. The van der Waals surface area contributed by atoms with Gasteiger partial charge in [0.1, 0.15) is 0 Å². The van der Waals surface area contributed by atoms with Crippen LogP contribution in [0.5, 0.6) is 0 Å². The first kappa shape index (κ1) is 20.8. The Kier molecular flexibility index (Phi) is 5.79. The quantitative estimate of drug-likeness (QED) is 0.586. The van der Waals surface area contributed by atoms with Crippen LogP contribution >= 0.6 is 34.5 Å². The Labute approximate surface area is 156 Å². The van der Waals surface area contributed by atoms with Gasteiger partial charge >= 0.3 is 12.4 Å². The van der Waals surface area contributed by atoms with Crippen molar-refractivity contribution in [3.05, 3.63) is 44.1 Å². The number of rotatable bonds is 2. The molecular weight excluding hydrogens is 429 g/mol. The third-order valence-electron chi connectivity index (χ3n) is 3.00. The van der Waals surface area contributed by atoms with Gasteiger partial charge in [-0.05, 0) is 25.1 Å². The van der Waals surface area contributed by atoms with Crippen molar-refractivity contribution in [2.45, 2.75) is 19.3 Å². The third-order valence-corrected chi connectivity index (χ3v) is 4.34. The van der Waals surface area contributed by atoms with Crippen LogP contribution in [0.25, 0.3) is 5.69 Å². The summed E-state index contributed by atoms with van der Waals surface area (Å²) in [4.78, 5) is 14.9. The van der Waals surface area contributed by atoms with E-state index in [1.54, 1.807) is 6.92 Å². The molecule has 0 spiro atoms. The number of benzene rings is 1. The highest BCUT2D eigenvalue weighted by Gasteiger charge is 2.61. The fraction of sp³-hybridized carbons (Fsp3) is 0.286. The first-order valence-electron chi connectivity index (χ1n) is 6.66. The molecule has 1 heterocycles. The number of alkyl halides is 6. The molecule has 0 aliphatic heterocycles. The van der Waals surface area contributed by atoms with Crippen LogP contribution < -0.4 is 4.80 Å². The van der Waals surface area contributed by atoms with Gasteiger partial charge in [0, 0.05) is 21.1 Å². The van der Waals surface area contributed by atoms with Gasteiger partial charge < -0.3 is 0 Å². The zero-order valence-corrected chi connectivity index (χ0v) is 14.9. The fourth-order valence-electron chi connectivity index (χ4n) is 2.02. The van der Waals surface area contributed by atoms with E-state index in [1.807, 2.05) is 0 Å². The predicted molar refractivity (Wildman–Crippen MR) is 84.6 cm³/mol. The van der Waals surface area contributed by atoms with Crippen LogP contribution in [-0.2, 0) is 4.79 Å². The van der Waals surface area contributed by atoms with Gasteiger partial charge in [0.2, 0.25) is 5.92 Å². The van der Waals surface area contributed by atoms with E-state index in [4.69, 9.17) is 23.2 Å². The summed E-state index contributed by atoms with van der Waals surface area (Å²) in [5.74, 6) is -6.55. The zero-order valence-electron chi connectivity index (χ0n) is 12.6. The summed E-state index contributed by atoms with van der Waals surface area (Å²) in [5.41, 5.74) is 0.231. The summed E-state index contributed by atoms with van der Waals surface area (Å²) in [6, 6.07) is 4.12. The second kappa shape index (κ2) is 7.24. The number of carbonyl (C=O) groups excluding carboxylic acids is 1. The normalized spacial score (nSPS) is 13.5. The van der Waals surface area contributed by atoms with E-state index in [0.29, 0.717) is 4.88 Å². The monoisotopic (exact) mass is 436 g/mol. The molecule has 0 atom stereocenters. The maximum atomic E-state index is 12.7. The van der Waals surface area contributed by atoms with Crippen molar-refractivity contribution in [1.82, 2.24) is 4.57 Å². The number of halogens is 8. The number of hydrogen-bond acceptors (Lipinski definition) is 2. The van der Waals surface area contributed by atoms with Crippen LogP contribution in [0.4, 0.5) is 26.3 Å². The number of thiazole rings is 1. The van der Waals surface area contributed by atoms with Crippen molar-refractivity contribution >= 4 is 40.4 Å². The van der Waals surface area contributed by atoms with Crippen LogP contribution in [0.1, 0.15) is 4.88 Å². The highest BCUT2D eigenvalue weighted by Crippen LogP contribution is 2.40. The molecule has 0 saturated carbocycles. The lowest BCUT2D eigenvalue weighted by molar-refractivity contribution is -0.273. The minimum atomic E-state index is -5.81. The van der Waals surface area contributed by atoms with E-state index in [2.05, 4.69) is 4.99 Å². The topological polar surface area (TPSA) is 34.4 Å². The molecule has 0 N–H and O–H groups in total. The number of aryl methyl sites for hydroxylation is 1. The maximum Gasteiger partial charge on any atom is 0.409 e. The van der Waals surface area contributed by atoms with Gasteiger partial charge in [-0.25, -0.2) is 0 Å². The van der Waals surface area contributed by atoms with Crippen molar-refractivity contribution in [2.24, 2.45) is 10.9 Å². The molecule has 1 amide bonds. The van der Waals surface area contributed by atoms with Gasteiger partial charge in [-0.3, -0.25) is 9.36 Å². The molecule has 2 rings (SSSR count). The zero-order chi connectivity index (χ0) is 19.9. The van der Waals surface area contributed by atoms with Gasteiger partial charge in [-0.15, -0.1) is 11.3 Å². The third kappa shape index (κ3) is 4.80. The highest BCUT2D eigenvalue weighted by molar-refractivity contribution is 7.09. The largest absolute Gasteiger partial charge is 0.409 e. The number of amides is 1. The van der Waals surface area contributed by atoms with Gasteiger partial charge in [0.15, 0.2) is 4.80 Å². The maximum absolute atomic E-state index is 12.7. The Balaban J connectivity index is 2.60. The van der Waals surface area contributed by atoms with E-state index in [0.717, 1.165) is 15.9 Å². The summed E-state index contributed by atoms with van der Waals surface area (Å²) in [6.07, 6.45) is -10.2. The van der Waals surface area contributed by atoms with E-state index >= 15 is 0 Å². The second-order valence-electron chi connectivity index (χ2n) is 5.09. The Hall–Kier alpha value is -1.52. The summed E-state index contributed by atoms with van der Waals surface area (Å²) >= 11 is 12.4. The minimum Gasteiger partial charge on any atom is -0.292 e. The Morgan fingerprint density at radius 3 is 2.04 bits per heavy atom. The number of aromatic nitrogens is 1. The first-order valence-corrected chi connectivity index (χ1v) is 8.24. The molecule has 0 bridgehead atoms. The predicted octanol–water partition coefficient (Wildman–Crippen LogP) is 5.32. The van der Waals surface area contributed by atoms with Gasteiger partial charge in [0.05, 0.1) is 5.69 Å². The number of carbonyl (C=O) groups is 1. The van der Waals surface area contributed by atoms with Crippen molar-refractivity contribution < 1.29 is 31.1 Å². The molecule has 142 valence electrons. The molecule has 0 aliphatic rings. The summed E-state index contributed by atoms with van der Waals surface area (Å²) < 4.78 is 77.1. The Bertz CT molecular complexity index is 866. The molecular formula is C14H8Cl2F6N2OS. The first-order chi connectivity index (χ1) is 11.8. The molecule has 3 nitrogen and oxygen atoms in total. The molecule has 0 aliphatic carbocycles. The lowest BCUT2D eigenvalue weighted by atomic mass is 10.1. The van der Waals surface area contributed by atoms with Crippen molar-refractivity contribution in [2.75, 3.05) is 0 Å². The SMILES string of the molecule is Cc1cn(-c2cc(Cl)cc(Cl)c2)c(=NC(=O)C(C(F)(F)F)C(F)(F)F)s1. The number of hydrogen-bond donors (Lipinski definition) is 0. The summed E-state index contributed by atoms with van der Waals surface area (Å²) in [6.45, 7) is 1.54. The lowest BCUT2D eigenvalue weighted by Gasteiger charge is -2.19. The van der Waals surface area contributed by atoms with Crippen LogP contribution in [0.15, 0.2) is 29.4 Å². The van der Waals surface area contributed by atoms with Gasteiger partial charge in [-0.2, -0.15) is 31.3 Å². The molecule has 0 saturated heterocycles. The molecule has 0 fully saturated rings. The highest BCUT2D eigenvalue weighted by atomic mass is 35.5. The van der Waals surface area contributed by atoms with Crippen LogP contribution in [0.2, 0.25) is 10.0 Å². The molecule has 0 radical (unpaired) electrons. The van der Waals surface area contributed by atoms with E-state index in [-0.39, 0.29) is 20.5 Å². The van der Waals surface area contributed by atoms with Crippen LogP contribution in [0, 0.1) is 12.8 Å². The van der Waals surface area contributed by atoms with Crippen molar-refractivity contribution in [3.63, 3.8) is 0 Å². The summed E-state index contributed by atoms with van der Waals surface area (Å²) in [7, 11) is 0. The van der Waals surface area contributed by atoms with E-state index in [9.17, 15) is 31.1 Å². The molecule has 2 aromatic rings. The Morgan fingerprint density at radius 1 is 1.08 bits per heavy atom. The molecule has 1 aromatic carbocycles. The molecule has 26 heavy (non-hydrogen) atoms. The second-order valence-corrected chi connectivity index (χ2v) is 7.17. The van der Waals surface area contributed by atoms with Crippen LogP contribution in [-0.4, -0.2) is 22.8 Å². The average molecular weight is 437 g/mol. The molecule has 12 heteroatoms. The van der Waals surface area contributed by atoms with Crippen molar-refractivity contribution in [1.29, 1.82) is 0 Å².